The number of hydrogen-bond acceptors (Lipinski definition) is 6. The fraction of sp³-hybridized carbons (Fsp3) is 0.200. The molecule has 2 aromatic rings. The van der Waals surface area contributed by atoms with E-state index in [1.165, 1.54) is 57.7 Å². The number of hydrogen-bond donors (Lipinski definition) is 2. The molecular formula is C15H18N2O6S2. The Labute approximate surface area is 146 Å². The Balaban J connectivity index is 2.36. The molecule has 0 heterocycles. The van der Waals surface area contributed by atoms with Crippen LogP contribution in [0, 0.1) is 0 Å². The fourth-order valence-electron chi connectivity index (χ4n) is 2.02. The van der Waals surface area contributed by atoms with Crippen molar-refractivity contribution in [3.63, 3.8) is 0 Å². The molecule has 8 nitrogen and oxygen atoms in total. The molecule has 0 atom stereocenters. The third kappa shape index (κ3) is 4.21. The van der Waals surface area contributed by atoms with Crippen molar-refractivity contribution in [3.05, 3.63) is 42.5 Å². The summed E-state index contributed by atoms with van der Waals surface area (Å²) in [6.45, 7) is 0. The van der Waals surface area contributed by atoms with Crippen molar-refractivity contribution in [2.24, 2.45) is 0 Å². The zero-order valence-electron chi connectivity index (χ0n) is 13.8. The molecule has 0 fully saturated rings. The summed E-state index contributed by atoms with van der Waals surface area (Å²) in [5, 5.41) is 0. The van der Waals surface area contributed by atoms with Gasteiger partial charge in [-0.2, -0.15) is 0 Å². The minimum atomic E-state index is -3.96. The summed E-state index contributed by atoms with van der Waals surface area (Å²) in [6.07, 6.45) is 0. The molecule has 0 bridgehead atoms. The molecule has 0 aliphatic heterocycles. The molecule has 0 unspecified atom stereocenters. The van der Waals surface area contributed by atoms with Crippen molar-refractivity contribution in [1.82, 2.24) is 4.72 Å². The molecule has 0 aliphatic rings. The van der Waals surface area contributed by atoms with Crippen LogP contribution in [-0.4, -0.2) is 38.1 Å². The predicted octanol–water partition coefficient (Wildman–Crippen LogP) is 1.41. The van der Waals surface area contributed by atoms with Gasteiger partial charge in [-0.25, -0.2) is 21.6 Å². The van der Waals surface area contributed by atoms with E-state index >= 15 is 0 Å². The average molecular weight is 386 g/mol. The van der Waals surface area contributed by atoms with Gasteiger partial charge < -0.3 is 9.47 Å². The first-order chi connectivity index (χ1) is 11.7. The van der Waals surface area contributed by atoms with Crippen molar-refractivity contribution in [2.45, 2.75) is 9.79 Å². The van der Waals surface area contributed by atoms with Crippen molar-refractivity contribution >= 4 is 25.7 Å². The van der Waals surface area contributed by atoms with E-state index in [1.807, 2.05) is 0 Å². The Morgan fingerprint density at radius 2 is 1.48 bits per heavy atom. The lowest BCUT2D eigenvalue weighted by Crippen LogP contribution is -2.18. The number of anilines is 1. The van der Waals surface area contributed by atoms with Gasteiger partial charge in [-0.1, -0.05) is 0 Å². The van der Waals surface area contributed by atoms with Gasteiger partial charge in [0.25, 0.3) is 10.0 Å². The molecule has 0 aliphatic carbocycles. The topological polar surface area (TPSA) is 111 Å². The highest BCUT2D eigenvalue weighted by molar-refractivity contribution is 7.92. The highest BCUT2D eigenvalue weighted by atomic mass is 32.2. The molecule has 0 saturated heterocycles. The average Bonchev–Trinajstić information content (AvgIpc) is 2.61. The lowest BCUT2D eigenvalue weighted by molar-refractivity contribution is 0.392. The van der Waals surface area contributed by atoms with Crippen LogP contribution in [0.25, 0.3) is 0 Å². The van der Waals surface area contributed by atoms with Crippen LogP contribution in [0.4, 0.5) is 5.69 Å². The largest absolute Gasteiger partial charge is 0.497 e. The number of methoxy groups -OCH3 is 2. The van der Waals surface area contributed by atoms with E-state index in [0.29, 0.717) is 5.75 Å². The first kappa shape index (κ1) is 19.0. The minimum absolute atomic E-state index is 0.0249. The van der Waals surface area contributed by atoms with Crippen LogP contribution >= 0.6 is 0 Å². The Morgan fingerprint density at radius 3 is 2.00 bits per heavy atom. The maximum Gasteiger partial charge on any atom is 0.265 e. The summed E-state index contributed by atoms with van der Waals surface area (Å²) in [7, 11) is -3.48. The SMILES string of the molecule is CNS(=O)(=O)c1ccc(NS(=O)(=O)c2cc(OC)ccc2OC)cc1. The molecule has 2 aromatic carbocycles. The molecule has 0 radical (unpaired) electrons. The molecule has 0 saturated carbocycles. The molecule has 25 heavy (non-hydrogen) atoms. The zero-order chi connectivity index (χ0) is 18.7. The predicted molar refractivity (Wildman–Crippen MR) is 93.0 cm³/mol. The van der Waals surface area contributed by atoms with Gasteiger partial charge in [0.15, 0.2) is 0 Å². The summed E-state index contributed by atoms with van der Waals surface area (Å²) in [5.41, 5.74) is 0.208. The van der Waals surface area contributed by atoms with E-state index in [2.05, 4.69) is 9.44 Å². The van der Waals surface area contributed by atoms with Crippen LogP contribution < -0.4 is 18.9 Å². The van der Waals surface area contributed by atoms with Gasteiger partial charge in [-0.05, 0) is 43.4 Å². The van der Waals surface area contributed by atoms with Crippen molar-refractivity contribution < 1.29 is 26.3 Å². The number of rotatable bonds is 7. The highest BCUT2D eigenvalue weighted by Crippen LogP contribution is 2.29. The minimum Gasteiger partial charge on any atom is -0.497 e. The van der Waals surface area contributed by atoms with Gasteiger partial charge in [-0.15, -0.1) is 0 Å². The van der Waals surface area contributed by atoms with Crippen molar-refractivity contribution in [2.75, 3.05) is 26.0 Å². The van der Waals surface area contributed by atoms with Crippen LogP contribution in [-0.2, 0) is 20.0 Å². The third-order valence-electron chi connectivity index (χ3n) is 3.35. The summed E-state index contributed by atoms with van der Waals surface area (Å²) in [5.74, 6) is 0.513. The van der Waals surface area contributed by atoms with E-state index in [-0.39, 0.29) is 21.2 Å². The van der Waals surface area contributed by atoms with Gasteiger partial charge in [0.05, 0.1) is 19.1 Å². The van der Waals surface area contributed by atoms with E-state index < -0.39 is 20.0 Å². The summed E-state index contributed by atoms with van der Waals surface area (Å²) in [6, 6.07) is 9.70. The highest BCUT2D eigenvalue weighted by Gasteiger charge is 2.21. The normalized spacial score (nSPS) is 11.8. The standard InChI is InChI=1S/C15H18N2O6S2/c1-16-24(18,19)13-7-4-11(5-8-13)17-25(20,21)15-10-12(22-2)6-9-14(15)23-3/h4-10,16-17H,1-3H3. The maximum absolute atomic E-state index is 12.6. The molecule has 0 spiro atoms. The van der Waals surface area contributed by atoms with Gasteiger partial charge in [0.2, 0.25) is 10.0 Å². The number of sulfonamides is 2. The van der Waals surface area contributed by atoms with Crippen LogP contribution in [0.2, 0.25) is 0 Å². The quantitative estimate of drug-likeness (QED) is 0.744. The fourth-order valence-corrected chi connectivity index (χ4v) is 4.00. The van der Waals surface area contributed by atoms with Gasteiger partial charge in [0, 0.05) is 11.8 Å². The van der Waals surface area contributed by atoms with Crippen molar-refractivity contribution in [3.8, 4) is 11.5 Å². The Bertz CT molecular complexity index is 954. The lowest BCUT2D eigenvalue weighted by Gasteiger charge is -2.13. The van der Waals surface area contributed by atoms with E-state index in [4.69, 9.17) is 9.47 Å². The first-order valence-electron chi connectivity index (χ1n) is 7.02. The number of ether oxygens (including phenoxy) is 2. The molecule has 2 N–H and O–H groups in total. The molecular weight excluding hydrogens is 368 g/mol. The molecule has 2 rings (SSSR count). The summed E-state index contributed by atoms with van der Waals surface area (Å²) < 4.78 is 63.3. The Morgan fingerprint density at radius 1 is 0.840 bits per heavy atom. The van der Waals surface area contributed by atoms with E-state index in [9.17, 15) is 16.8 Å². The molecule has 0 aromatic heterocycles. The van der Waals surface area contributed by atoms with Crippen LogP contribution in [0.5, 0.6) is 11.5 Å². The lowest BCUT2D eigenvalue weighted by atomic mass is 10.3. The monoisotopic (exact) mass is 386 g/mol. The molecule has 136 valence electrons. The summed E-state index contributed by atoms with van der Waals surface area (Å²) in [4.78, 5) is -0.0711. The smallest absolute Gasteiger partial charge is 0.265 e. The molecule has 0 amide bonds. The van der Waals surface area contributed by atoms with E-state index in [0.717, 1.165) is 0 Å². The molecule has 10 heteroatoms. The van der Waals surface area contributed by atoms with Gasteiger partial charge in [-0.3, -0.25) is 4.72 Å². The van der Waals surface area contributed by atoms with Gasteiger partial charge >= 0.3 is 0 Å². The van der Waals surface area contributed by atoms with Gasteiger partial charge in [0.1, 0.15) is 16.4 Å². The van der Waals surface area contributed by atoms with Crippen LogP contribution in [0.1, 0.15) is 0 Å². The van der Waals surface area contributed by atoms with Crippen molar-refractivity contribution in [1.29, 1.82) is 0 Å². The summed E-state index contributed by atoms with van der Waals surface area (Å²) >= 11 is 0. The maximum atomic E-state index is 12.6. The Hall–Kier alpha value is -2.30. The zero-order valence-corrected chi connectivity index (χ0v) is 15.4. The first-order valence-corrected chi connectivity index (χ1v) is 9.98. The van der Waals surface area contributed by atoms with Crippen LogP contribution in [0.3, 0.4) is 0 Å². The van der Waals surface area contributed by atoms with E-state index in [1.54, 1.807) is 6.07 Å². The number of nitrogens with one attached hydrogen (secondary N) is 2. The second-order valence-corrected chi connectivity index (χ2v) is 8.39. The number of benzene rings is 2. The Kier molecular flexibility index (Phi) is 5.55. The second-order valence-electron chi connectivity index (χ2n) is 4.85. The second kappa shape index (κ2) is 7.30. The third-order valence-corrected chi connectivity index (χ3v) is 6.18. The van der Waals surface area contributed by atoms with Crippen LogP contribution in [0.15, 0.2) is 52.3 Å².